The standard InChI is InChI=1S/C35H29ClN6O6.C27H22F2N6O5/c1-18-21(19(2)43)8-9-23-22(18)10-11-26(23)40-35(46)29-14-28(34(45)37-15-20-7-12-30-31(13-20)48-17-47-30)39-32-24(16-38-42(29)32)33(44)41-27-6-4-3-5-25(27)36;1-12-14-5-7-20(16(14)4-3-15(12)27(39)40)34-26(38)22-9-21(33-24-17(23(30)36)11-32-35(22)24)25(37)31-10-13-2-6-18(28)19(29)8-13/h3-9,12-14,16,26H,10-11,15,17H2,1-2H3,(H,37,45)(H,40,46)(H,41,44);2-4,6,8-9,11,20H,5,7,10H2,1H3,(H2,30,36)(H,31,37)(H,34,38)(H,39,40)/t26-;20-/m00/s1. The molecule has 8 N–H and O–H groups in total. The highest BCUT2D eigenvalue weighted by Crippen LogP contribution is 2.37. The molecule has 0 bridgehead atoms. The van der Waals surface area contributed by atoms with E-state index in [1.165, 1.54) is 41.9 Å². The van der Waals surface area contributed by atoms with Gasteiger partial charge in [0.15, 0.2) is 40.2 Å². The Morgan fingerprint density at radius 2 is 1.16 bits per heavy atom. The maximum absolute atomic E-state index is 13.9. The summed E-state index contributed by atoms with van der Waals surface area (Å²) in [5.74, 6) is -5.85. The number of halogens is 3. The number of nitrogens with one attached hydrogen (secondary N) is 5. The fourth-order valence-corrected chi connectivity index (χ4v) is 11.1. The van der Waals surface area contributed by atoms with E-state index in [9.17, 15) is 52.2 Å². The molecule has 3 aliphatic rings. The molecule has 0 saturated carbocycles. The van der Waals surface area contributed by atoms with Crippen LogP contribution in [0.4, 0.5) is 14.5 Å². The monoisotopic (exact) mass is 1210 g/mol. The summed E-state index contributed by atoms with van der Waals surface area (Å²) in [4.78, 5) is 111. The zero-order chi connectivity index (χ0) is 62.2. The predicted octanol–water partition coefficient (Wildman–Crippen LogP) is 7.68. The number of aromatic carboxylic acids is 1. The van der Waals surface area contributed by atoms with Crippen LogP contribution in [0.1, 0.15) is 160 Å². The van der Waals surface area contributed by atoms with Gasteiger partial charge in [0.25, 0.3) is 35.4 Å². The Kier molecular flexibility index (Phi) is 16.2. The van der Waals surface area contributed by atoms with Gasteiger partial charge in [0, 0.05) is 30.8 Å². The molecule has 446 valence electrons. The summed E-state index contributed by atoms with van der Waals surface area (Å²) in [5, 5.41) is 32.2. The van der Waals surface area contributed by atoms with Gasteiger partial charge >= 0.3 is 5.97 Å². The summed E-state index contributed by atoms with van der Waals surface area (Å²) in [7, 11) is 0. The minimum Gasteiger partial charge on any atom is -0.478 e. The Balaban J connectivity index is 0.000000185. The van der Waals surface area contributed by atoms with Crippen LogP contribution < -0.4 is 41.8 Å². The number of hydrogen-bond donors (Lipinski definition) is 7. The van der Waals surface area contributed by atoms with Crippen LogP contribution in [0.5, 0.6) is 11.5 Å². The van der Waals surface area contributed by atoms with E-state index in [1.54, 1.807) is 61.5 Å². The van der Waals surface area contributed by atoms with Crippen molar-refractivity contribution < 1.29 is 61.7 Å². The summed E-state index contributed by atoms with van der Waals surface area (Å²) >= 11 is 6.26. The van der Waals surface area contributed by atoms with Crippen LogP contribution in [-0.4, -0.2) is 88.3 Å². The molecule has 12 rings (SSSR count). The van der Waals surface area contributed by atoms with Crippen LogP contribution in [0.15, 0.2) is 109 Å². The molecule has 23 nitrogen and oxygen atoms in total. The normalized spacial score (nSPS) is 14.3. The van der Waals surface area contributed by atoms with Gasteiger partial charge in [0.1, 0.15) is 33.9 Å². The van der Waals surface area contributed by atoms with Gasteiger partial charge in [-0.15, -0.1) is 0 Å². The molecule has 5 heterocycles. The Hall–Kier alpha value is -11.0. The Labute approximate surface area is 502 Å². The number of carboxylic acid groups (broad SMARTS) is 1. The number of carbonyl (C=O) groups is 8. The first-order valence-electron chi connectivity index (χ1n) is 27.4. The number of carboxylic acids is 1. The maximum Gasteiger partial charge on any atom is 0.335 e. The quantitative estimate of drug-likeness (QED) is 0.0484. The van der Waals surface area contributed by atoms with Crippen molar-refractivity contribution in [3.63, 3.8) is 0 Å². The second kappa shape index (κ2) is 24.2. The van der Waals surface area contributed by atoms with Gasteiger partial charge in [-0.1, -0.05) is 54.1 Å². The molecule has 2 aliphatic carbocycles. The highest BCUT2D eigenvalue weighted by molar-refractivity contribution is 6.34. The van der Waals surface area contributed by atoms with Gasteiger partial charge in [-0.3, -0.25) is 33.6 Å². The summed E-state index contributed by atoms with van der Waals surface area (Å²) in [6.07, 6.45) is 4.82. The van der Waals surface area contributed by atoms with Crippen molar-refractivity contribution in [1.29, 1.82) is 0 Å². The fraction of sp³-hybridized carbons (Fsp3) is 0.194. The number of Topliss-reactive ketones (excluding diaryl/α,β-unsaturated/α-hetero) is 1. The number of benzene rings is 5. The van der Waals surface area contributed by atoms with Crippen molar-refractivity contribution in [3.8, 4) is 11.5 Å². The van der Waals surface area contributed by atoms with Crippen molar-refractivity contribution in [2.45, 2.75) is 71.6 Å². The number of nitrogens with zero attached hydrogens (tertiary/aromatic N) is 6. The van der Waals surface area contributed by atoms with E-state index in [0.717, 1.165) is 56.2 Å². The molecular weight excluding hydrogens is 1160 g/mol. The molecule has 88 heavy (non-hydrogen) atoms. The average Bonchev–Trinajstić information content (AvgIpc) is 2.55. The third-order valence-corrected chi connectivity index (χ3v) is 15.8. The molecule has 26 heteroatoms. The van der Waals surface area contributed by atoms with Crippen molar-refractivity contribution in [2.24, 2.45) is 5.73 Å². The number of fused-ring (bicyclic) bond motifs is 5. The first-order valence-corrected chi connectivity index (χ1v) is 27.7. The van der Waals surface area contributed by atoms with Crippen molar-refractivity contribution in [1.82, 2.24) is 50.5 Å². The molecule has 9 aromatic rings. The lowest BCUT2D eigenvalue weighted by molar-refractivity contribution is 0.0694. The lowest BCUT2D eigenvalue weighted by Gasteiger charge is -2.16. The van der Waals surface area contributed by atoms with Gasteiger partial charge in [-0.05, 0) is 133 Å². The number of ketones is 1. The van der Waals surface area contributed by atoms with E-state index in [0.29, 0.717) is 59.0 Å². The SMILES string of the molecule is CC(=O)c1ccc2c(c1C)CC[C@@H]2NC(=O)c1cc(C(=O)NCc2ccc3c(c2)OCO3)nc2c(C(=O)Nc3ccccc3Cl)cnn12.Cc1c(C(=O)O)ccc2c1CC[C@@H]2NC(=O)c1cc(C(=O)NCc2ccc(F)c(F)c2)nc2c(C(N)=O)cnn12. The second-order valence-electron chi connectivity index (χ2n) is 20.8. The number of carbonyl (C=O) groups excluding carboxylic acids is 7. The zero-order valence-corrected chi connectivity index (χ0v) is 47.7. The van der Waals surface area contributed by atoms with E-state index in [1.807, 2.05) is 13.0 Å². The van der Waals surface area contributed by atoms with Crippen LogP contribution >= 0.6 is 11.6 Å². The minimum absolute atomic E-state index is 0.00852. The lowest BCUT2D eigenvalue weighted by Crippen LogP contribution is -2.31. The summed E-state index contributed by atoms with van der Waals surface area (Å²) in [5.41, 5.74) is 12.2. The average molecular weight is 1210 g/mol. The number of hydrogen-bond acceptors (Lipinski definition) is 14. The molecule has 6 amide bonds. The van der Waals surface area contributed by atoms with Crippen LogP contribution in [0.3, 0.4) is 0 Å². The third-order valence-electron chi connectivity index (χ3n) is 15.4. The molecule has 5 aromatic carbocycles. The molecule has 0 radical (unpaired) electrons. The number of para-hydroxylation sites is 1. The molecule has 2 atom stereocenters. The van der Waals surface area contributed by atoms with Gasteiger partial charge in [-0.25, -0.2) is 32.6 Å². The van der Waals surface area contributed by atoms with Gasteiger partial charge in [-0.2, -0.15) is 10.2 Å². The van der Waals surface area contributed by atoms with Crippen molar-refractivity contribution in [2.75, 3.05) is 12.1 Å². The molecule has 0 saturated heterocycles. The number of aromatic nitrogens is 6. The van der Waals surface area contributed by atoms with E-state index in [2.05, 4.69) is 46.7 Å². The molecular formula is C62H51ClF2N12O11. The zero-order valence-electron chi connectivity index (χ0n) is 46.9. The molecule has 0 spiro atoms. The highest BCUT2D eigenvalue weighted by atomic mass is 35.5. The molecule has 4 aromatic heterocycles. The number of ether oxygens (including phenoxy) is 2. The lowest BCUT2D eigenvalue weighted by atomic mass is 9.96. The van der Waals surface area contributed by atoms with Crippen LogP contribution in [0, 0.1) is 25.5 Å². The number of amides is 6. The first-order chi connectivity index (χ1) is 42.2. The van der Waals surface area contributed by atoms with Crippen molar-refractivity contribution >= 4 is 75.8 Å². The van der Waals surface area contributed by atoms with E-state index < -0.39 is 59.1 Å². The molecule has 0 unspecified atom stereocenters. The number of anilines is 1. The smallest absolute Gasteiger partial charge is 0.335 e. The fourth-order valence-electron chi connectivity index (χ4n) is 11.0. The Morgan fingerprint density at radius 1 is 0.625 bits per heavy atom. The third kappa shape index (κ3) is 11.6. The van der Waals surface area contributed by atoms with Gasteiger partial charge in [0.2, 0.25) is 6.79 Å². The molecule has 1 aliphatic heterocycles. The van der Waals surface area contributed by atoms with Crippen LogP contribution in [0.25, 0.3) is 11.3 Å². The minimum atomic E-state index is -1.07. The van der Waals surface area contributed by atoms with Crippen LogP contribution in [0.2, 0.25) is 5.02 Å². The largest absolute Gasteiger partial charge is 0.478 e. The van der Waals surface area contributed by atoms with Gasteiger partial charge < -0.3 is 46.9 Å². The molecule has 0 fully saturated rings. The Morgan fingerprint density at radius 3 is 1.73 bits per heavy atom. The number of rotatable bonds is 15. The summed E-state index contributed by atoms with van der Waals surface area (Å²) in [6, 6.07) is 23.8. The predicted molar refractivity (Wildman–Crippen MR) is 312 cm³/mol. The van der Waals surface area contributed by atoms with E-state index >= 15 is 0 Å². The van der Waals surface area contributed by atoms with Crippen molar-refractivity contribution in [3.05, 3.63) is 216 Å². The second-order valence-corrected chi connectivity index (χ2v) is 21.2. The maximum atomic E-state index is 13.9. The van der Waals surface area contributed by atoms with E-state index in [4.69, 9.17) is 26.8 Å². The topological polar surface area (TPSA) is 322 Å². The number of primary amides is 1. The summed E-state index contributed by atoms with van der Waals surface area (Å²) in [6.45, 7) is 5.28. The van der Waals surface area contributed by atoms with Gasteiger partial charge in [0.05, 0.1) is 40.8 Å². The number of nitrogens with two attached hydrogens (primary N) is 1. The van der Waals surface area contributed by atoms with E-state index in [-0.39, 0.29) is 88.0 Å². The van der Waals surface area contributed by atoms with Crippen LogP contribution in [-0.2, 0) is 25.9 Å². The summed E-state index contributed by atoms with van der Waals surface area (Å²) < 4.78 is 39.9. The Bertz CT molecular complexity index is 4450. The highest BCUT2D eigenvalue weighted by Gasteiger charge is 2.32. The first kappa shape index (κ1) is 58.8.